The SMILES string of the molecule is CCN(N)/C(C)=C(\N)c1ccc(N)c(NC(c2ccccc2)c2ncccc2F)c1. The fraction of sp³-hybridized carbons (Fsp3) is 0.174. The molecule has 3 rings (SSSR count). The summed E-state index contributed by atoms with van der Waals surface area (Å²) in [7, 11) is 0. The van der Waals surface area contributed by atoms with E-state index in [9.17, 15) is 4.39 Å². The summed E-state index contributed by atoms with van der Waals surface area (Å²) in [6.07, 6.45) is 1.57. The molecule has 156 valence electrons. The molecule has 0 saturated heterocycles. The van der Waals surface area contributed by atoms with Gasteiger partial charge in [-0.3, -0.25) is 4.98 Å². The Labute approximate surface area is 176 Å². The number of hydrogen-bond acceptors (Lipinski definition) is 6. The Morgan fingerprint density at radius 2 is 1.87 bits per heavy atom. The molecule has 1 heterocycles. The molecular weight excluding hydrogens is 379 g/mol. The number of rotatable bonds is 7. The highest BCUT2D eigenvalue weighted by molar-refractivity contribution is 5.75. The van der Waals surface area contributed by atoms with Gasteiger partial charge >= 0.3 is 0 Å². The molecule has 0 aliphatic heterocycles. The quantitative estimate of drug-likeness (QED) is 0.270. The standard InChI is InChI=1S/C23H27FN6/c1-3-30(27)15(2)21(26)17-11-12-19(25)20(14-17)29-22(16-8-5-4-6-9-16)23-18(24)10-7-13-28-23/h4-14,22,29H,3,25-27H2,1-2H3/b21-15-. The lowest BCUT2D eigenvalue weighted by atomic mass is 10.0. The summed E-state index contributed by atoms with van der Waals surface area (Å²) < 4.78 is 14.6. The first kappa shape index (κ1) is 21.1. The summed E-state index contributed by atoms with van der Waals surface area (Å²) in [5.41, 5.74) is 16.9. The van der Waals surface area contributed by atoms with Crippen molar-refractivity contribution in [1.29, 1.82) is 0 Å². The zero-order valence-electron chi connectivity index (χ0n) is 17.1. The van der Waals surface area contributed by atoms with Crippen molar-refractivity contribution in [3.05, 3.63) is 95.2 Å². The second-order valence-corrected chi connectivity index (χ2v) is 6.95. The van der Waals surface area contributed by atoms with E-state index in [4.69, 9.17) is 17.3 Å². The van der Waals surface area contributed by atoms with E-state index in [1.54, 1.807) is 23.3 Å². The molecule has 0 bridgehead atoms. The third kappa shape index (κ3) is 4.52. The molecule has 2 aromatic carbocycles. The number of nitrogens with one attached hydrogen (secondary N) is 1. The lowest BCUT2D eigenvalue weighted by Gasteiger charge is -2.23. The molecule has 3 aromatic rings. The Kier molecular flexibility index (Phi) is 6.54. The van der Waals surface area contributed by atoms with Crippen LogP contribution in [0.5, 0.6) is 0 Å². The molecule has 7 heteroatoms. The summed E-state index contributed by atoms with van der Waals surface area (Å²) in [5, 5.41) is 4.93. The molecule has 0 aliphatic carbocycles. The largest absolute Gasteiger partial charge is 0.397 e. The van der Waals surface area contributed by atoms with Gasteiger partial charge in [0.15, 0.2) is 0 Å². The first-order valence-electron chi connectivity index (χ1n) is 9.72. The van der Waals surface area contributed by atoms with Gasteiger partial charge < -0.3 is 21.8 Å². The fourth-order valence-corrected chi connectivity index (χ4v) is 3.17. The fourth-order valence-electron chi connectivity index (χ4n) is 3.17. The van der Waals surface area contributed by atoms with Crippen LogP contribution in [-0.2, 0) is 0 Å². The van der Waals surface area contributed by atoms with Gasteiger partial charge in [0.1, 0.15) is 11.5 Å². The zero-order chi connectivity index (χ0) is 21.7. The van der Waals surface area contributed by atoms with Gasteiger partial charge in [-0.05, 0) is 43.7 Å². The highest BCUT2D eigenvalue weighted by Crippen LogP contribution is 2.31. The average Bonchev–Trinajstić information content (AvgIpc) is 2.78. The van der Waals surface area contributed by atoms with Crippen molar-refractivity contribution in [2.24, 2.45) is 11.6 Å². The average molecular weight is 407 g/mol. The van der Waals surface area contributed by atoms with Crippen LogP contribution in [0, 0.1) is 5.82 Å². The first-order valence-corrected chi connectivity index (χ1v) is 9.72. The topological polar surface area (TPSA) is 106 Å². The summed E-state index contributed by atoms with van der Waals surface area (Å²) in [4.78, 5) is 4.27. The molecular formula is C23H27FN6. The minimum Gasteiger partial charge on any atom is -0.397 e. The van der Waals surface area contributed by atoms with Gasteiger partial charge in [0.25, 0.3) is 0 Å². The lowest BCUT2D eigenvalue weighted by molar-refractivity contribution is 0.382. The molecule has 30 heavy (non-hydrogen) atoms. The van der Waals surface area contributed by atoms with E-state index in [-0.39, 0.29) is 5.69 Å². The number of aromatic nitrogens is 1. The Morgan fingerprint density at radius 1 is 1.13 bits per heavy atom. The maximum absolute atomic E-state index is 14.6. The van der Waals surface area contributed by atoms with Crippen LogP contribution in [0.3, 0.4) is 0 Å². The Balaban J connectivity index is 2.04. The molecule has 0 amide bonds. The number of halogens is 1. The Hall–Kier alpha value is -3.58. The van der Waals surface area contributed by atoms with Gasteiger partial charge in [-0.2, -0.15) is 0 Å². The van der Waals surface area contributed by atoms with Crippen LogP contribution in [0.15, 0.2) is 72.6 Å². The van der Waals surface area contributed by atoms with Crippen molar-refractivity contribution in [3.63, 3.8) is 0 Å². The molecule has 6 nitrogen and oxygen atoms in total. The third-order valence-corrected chi connectivity index (χ3v) is 5.02. The minimum atomic E-state index is -0.530. The highest BCUT2D eigenvalue weighted by Gasteiger charge is 2.20. The number of allylic oxidation sites excluding steroid dienone is 1. The van der Waals surface area contributed by atoms with E-state index in [2.05, 4.69) is 10.3 Å². The van der Waals surface area contributed by atoms with Gasteiger partial charge in [-0.15, -0.1) is 0 Å². The molecule has 1 atom stereocenters. The van der Waals surface area contributed by atoms with Crippen molar-refractivity contribution in [3.8, 4) is 0 Å². The van der Waals surface area contributed by atoms with E-state index in [1.165, 1.54) is 6.07 Å². The number of pyridine rings is 1. The molecule has 1 aromatic heterocycles. The van der Waals surface area contributed by atoms with Crippen LogP contribution in [0.25, 0.3) is 5.70 Å². The molecule has 0 aliphatic rings. The number of nitrogens with two attached hydrogens (primary N) is 3. The second kappa shape index (κ2) is 9.28. The molecule has 1 unspecified atom stereocenters. The summed E-state index contributed by atoms with van der Waals surface area (Å²) >= 11 is 0. The lowest BCUT2D eigenvalue weighted by Crippen LogP contribution is -2.30. The summed E-state index contributed by atoms with van der Waals surface area (Å²) in [6.45, 7) is 4.43. The predicted octanol–water partition coefficient (Wildman–Crippen LogP) is 3.85. The van der Waals surface area contributed by atoms with Gasteiger partial charge in [-0.1, -0.05) is 36.4 Å². The van der Waals surface area contributed by atoms with Gasteiger partial charge in [-0.25, -0.2) is 10.2 Å². The minimum absolute atomic E-state index is 0.285. The first-order chi connectivity index (χ1) is 14.4. The second-order valence-electron chi connectivity index (χ2n) is 6.95. The maximum atomic E-state index is 14.6. The molecule has 0 fully saturated rings. The molecule has 0 radical (unpaired) electrons. The van der Waals surface area contributed by atoms with Gasteiger partial charge in [0.2, 0.25) is 0 Å². The molecule has 7 N–H and O–H groups in total. The molecule has 0 saturated carbocycles. The normalized spacial score (nSPS) is 12.8. The summed E-state index contributed by atoms with van der Waals surface area (Å²) in [6, 6.07) is 17.4. The third-order valence-electron chi connectivity index (χ3n) is 5.02. The number of hydrogen-bond donors (Lipinski definition) is 4. The number of benzene rings is 2. The number of hydrazine groups is 1. The van der Waals surface area contributed by atoms with Gasteiger partial charge in [0, 0.05) is 24.0 Å². The van der Waals surface area contributed by atoms with E-state index in [1.807, 2.05) is 56.3 Å². The predicted molar refractivity (Wildman–Crippen MR) is 120 cm³/mol. The van der Waals surface area contributed by atoms with Crippen LogP contribution in [0.1, 0.15) is 36.7 Å². The smallest absolute Gasteiger partial charge is 0.147 e. The van der Waals surface area contributed by atoms with Crippen LogP contribution < -0.4 is 22.6 Å². The van der Waals surface area contributed by atoms with Crippen molar-refractivity contribution in [2.45, 2.75) is 19.9 Å². The van der Waals surface area contributed by atoms with Crippen LogP contribution in [-0.4, -0.2) is 16.5 Å². The van der Waals surface area contributed by atoms with Crippen LogP contribution in [0.2, 0.25) is 0 Å². The summed E-state index contributed by atoms with van der Waals surface area (Å²) in [5.74, 6) is 5.58. The van der Waals surface area contributed by atoms with Crippen molar-refractivity contribution in [2.75, 3.05) is 17.6 Å². The van der Waals surface area contributed by atoms with Crippen molar-refractivity contribution >= 4 is 17.1 Å². The van der Waals surface area contributed by atoms with E-state index in [0.29, 0.717) is 23.6 Å². The van der Waals surface area contributed by atoms with Crippen LogP contribution in [0.4, 0.5) is 15.8 Å². The number of anilines is 2. The zero-order valence-corrected chi connectivity index (χ0v) is 17.1. The van der Waals surface area contributed by atoms with E-state index >= 15 is 0 Å². The Bertz CT molecular complexity index is 1030. The van der Waals surface area contributed by atoms with Crippen LogP contribution >= 0.6 is 0 Å². The highest BCUT2D eigenvalue weighted by atomic mass is 19.1. The molecule has 0 spiro atoms. The maximum Gasteiger partial charge on any atom is 0.147 e. The number of nitrogen functional groups attached to an aromatic ring is 1. The Morgan fingerprint density at radius 3 is 2.53 bits per heavy atom. The van der Waals surface area contributed by atoms with E-state index in [0.717, 1.165) is 16.8 Å². The number of nitrogens with zero attached hydrogens (tertiary/aromatic N) is 2. The van der Waals surface area contributed by atoms with E-state index < -0.39 is 11.9 Å². The monoisotopic (exact) mass is 406 g/mol. The van der Waals surface area contributed by atoms with Gasteiger partial charge in [0.05, 0.1) is 23.1 Å². The van der Waals surface area contributed by atoms with Crippen molar-refractivity contribution < 1.29 is 4.39 Å². The van der Waals surface area contributed by atoms with Crippen molar-refractivity contribution in [1.82, 2.24) is 9.99 Å².